The van der Waals surface area contributed by atoms with Gasteiger partial charge in [0, 0.05) is 20.2 Å². The predicted octanol–water partition coefficient (Wildman–Crippen LogP) is 1.87. The quantitative estimate of drug-likeness (QED) is 0.867. The van der Waals surface area contributed by atoms with Crippen LogP contribution in [0.15, 0.2) is 0 Å². The van der Waals surface area contributed by atoms with Crippen LogP contribution in [0.2, 0.25) is 0 Å². The Bertz CT molecular complexity index is 519. The third-order valence-electron chi connectivity index (χ3n) is 4.02. The molecule has 1 aliphatic heterocycles. The summed E-state index contributed by atoms with van der Waals surface area (Å²) in [5.74, 6) is 0.131. The van der Waals surface area contributed by atoms with Crippen LogP contribution in [0.25, 0.3) is 0 Å². The number of nitrogens with zero attached hydrogens (tertiary/aromatic N) is 2. The average molecular weight is 312 g/mol. The third kappa shape index (κ3) is 3.29. The summed E-state index contributed by atoms with van der Waals surface area (Å²) in [6.07, 6.45) is 1.82. The molecule has 0 bridgehead atoms. The smallest absolute Gasteiger partial charge is 0.265 e. The molecule has 2 unspecified atom stereocenters. The zero-order valence-electron chi connectivity index (χ0n) is 13.1. The topological polar surface area (TPSA) is 80.5 Å². The van der Waals surface area contributed by atoms with E-state index in [0.717, 1.165) is 24.5 Å². The lowest BCUT2D eigenvalue weighted by atomic mass is 9.94. The maximum Gasteiger partial charge on any atom is 0.265 e. The fourth-order valence-electron chi connectivity index (χ4n) is 2.39. The summed E-state index contributed by atoms with van der Waals surface area (Å²) >= 11 is 1.34. The van der Waals surface area contributed by atoms with E-state index in [1.165, 1.54) is 11.3 Å². The second kappa shape index (κ2) is 6.19. The van der Waals surface area contributed by atoms with Crippen LogP contribution in [0.3, 0.4) is 0 Å². The first-order valence-corrected chi connectivity index (χ1v) is 8.10. The lowest BCUT2D eigenvalue weighted by molar-refractivity contribution is 0.0730. The van der Waals surface area contributed by atoms with Gasteiger partial charge in [0.1, 0.15) is 10.7 Å². The summed E-state index contributed by atoms with van der Waals surface area (Å²) in [5, 5.41) is 3.83. The molecule has 2 heterocycles. The van der Waals surface area contributed by atoms with Gasteiger partial charge in [-0.05, 0) is 26.7 Å². The first-order chi connectivity index (χ1) is 9.87. The molecule has 2 rings (SSSR count). The van der Waals surface area contributed by atoms with E-state index < -0.39 is 0 Å². The Hall–Kier alpha value is -1.34. The second-order valence-electron chi connectivity index (χ2n) is 5.77. The van der Waals surface area contributed by atoms with Crippen molar-refractivity contribution in [2.45, 2.75) is 45.3 Å². The first kappa shape index (κ1) is 16.0. The molecule has 0 spiro atoms. The highest BCUT2D eigenvalue weighted by Crippen LogP contribution is 2.30. The molecule has 6 nitrogen and oxygen atoms in total. The van der Waals surface area contributed by atoms with Gasteiger partial charge in [0.2, 0.25) is 0 Å². The standard InChI is InChI=1S/C14H24N4O2S/c1-5-7-18(4)13-16-11(15)10(21-13)12(19)17-14(3)6-8-20-9(14)2/h9H,5-8,15H2,1-4H3,(H,17,19). The molecule has 3 N–H and O–H groups in total. The number of rotatable bonds is 5. The number of carbonyl (C=O) groups is 1. The van der Waals surface area contributed by atoms with Crippen molar-refractivity contribution >= 4 is 28.2 Å². The van der Waals surface area contributed by atoms with E-state index in [9.17, 15) is 4.79 Å². The summed E-state index contributed by atoms with van der Waals surface area (Å²) in [4.78, 5) is 19.3. The summed E-state index contributed by atoms with van der Waals surface area (Å²) in [6, 6.07) is 0. The fraction of sp³-hybridized carbons (Fsp3) is 0.714. The van der Waals surface area contributed by atoms with Crippen LogP contribution in [0, 0.1) is 0 Å². The van der Waals surface area contributed by atoms with Gasteiger partial charge in [-0.2, -0.15) is 0 Å². The number of ether oxygens (including phenoxy) is 1. The van der Waals surface area contributed by atoms with Crippen LogP contribution in [0.1, 0.15) is 43.3 Å². The minimum absolute atomic E-state index is 0.00201. The van der Waals surface area contributed by atoms with E-state index in [1.807, 2.05) is 25.8 Å². The SMILES string of the molecule is CCCN(C)c1nc(N)c(C(=O)NC2(C)CCOC2C)s1. The Morgan fingerprint density at radius 1 is 1.67 bits per heavy atom. The number of thiazole rings is 1. The van der Waals surface area contributed by atoms with Crippen LogP contribution >= 0.6 is 11.3 Å². The number of nitrogens with one attached hydrogen (secondary N) is 1. The number of hydrogen-bond acceptors (Lipinski definition) is 6. The molecule has 1 fully saturated rings. The molecule has 1 aromatic heterocycles. The fourth-order valence-corrected chi connectivity index (χ4v) is 3.26. The van der Waals surface area contributed by atoms with Gasteiger partial charge in [-0.25, -0.2) is 4.98 Å². The monoisotopic (exact) mass is 312 g/mol. The molecule has 118 valence electrons. The van der Waals surface area contributed by atoms with Crippen molar-refractivity contribution in [3.8, 4) is 0 Å². The molecule has 2 atom stereocenters. The maximum atomic E-state index is 12.5. The van der Waals surface area contributed by atoms with Crippen molar-refractivity contribution < 1.29 is 9.53 Å². The van der Waals surface area contributed by atoms with Gasteiger partial charge in [0.25, 0.3) is 5.91 Å². The van der Waals surface area contributed by atoms with Crippen molar-refractivity contribution in [1.29, 1.82) is 0 Å². The zero-order valence-corrected chi connectivity index (χ0v) is 13.9. The Balaban J connectivity index is 2.12. The normalized spacial score (nSPS) is 25.0. The van der Waals surface area contributed by atoms with Crippen molar-refractivity contribution in [1.82, 2.24) is 10.3 Å². The van der Waals surface area contributed by atoms with Gasteiger partial charge in [-0.3, -0.25) is 4.79 Å². The van der Waals surface area contributed by atoms with Gasteiger partial charge in [0.05, 0.1) is 11.6 Å². The van der Waals surface area contributed by atoms with Crippen LogP contribution in [0.5, 0.6) is 0 Å². The van der Waals surface area contributed by atoms with Gasteiger partial charge in [-0.15, -0.1) is 0 Å². The summed E-state index contributed by atoms with van der Waals surface area (Å²) in [5.41, 5.74) is 5.56. The molecule has 0 saturated carbocycles. The van der Waals surface area contributed by atoms with Crippen molar-refractivity contribution in [3.05, 3.63) is 4.88 Å². The average Bonchev–Trinajstić information content (AvgIpc) is 2.94. The Morgan fingerprint density at radius 2 is 2.38 bits per heavy atom. The molecule has 0 aromatic carbocycles. The first-order valence-electron chi connectivity index (χ1n) is 7.29. The molecular weight excluding hydrogens is 288 g/mol. The van der Waals surface area contributed by atoms with Gasteiger partial charge < -0.3 is 20.7 Å². The zero-order chi connectivity index (χ0) is 15.6. The van der Waals surface area contributed by atoms with Gasteiger partial charge in [0.15, 0.2) is 5.13 Å². The molecule has 1 amide bonds. The second-order valence-corrected chi connectivity index (χ2v) is 6.74. The van der Waals surface area contributed by atoms with E-state index in [4.69, 9.17) is 10.5 Å². The molecular formula is C14H24N4O2S. The predicted molar refractivity (Wildman–Crippen MR) is 86.0 cm³/mol. The number of nitrogen functional groups attached to an aromatic ring is 1. The Morgan fingerprint density at radius 3 is 2.95 bits per heavy atom. The van der Waals surface area contributed by atoms with Crippen molar-refractivity contribution in [3.63, 3.8) is 0 Å². The van der Waals surface area contributed by atoms with Gasteiger partial charge in [-0.1, -0.05) is 18.3 Å². The minimum atomic E-state index is -0.344. The molecule has 0 radical (unpaired) electrons. The van der Waals surface area contributed by atoms with Crippen molar-refractivity contribution in [2.24, 2.45) is 0 Å². The number of hydrogen-bond donors (Lipinski definition) is 2. The lowest BCUT2D eigenvalue weighted by Gasteiger charge is -2.28. The number of anilines is 2. The number of aromatic nitrogens is 1. The highest BCUT2D eigenvalue weighted by atomic mass is 32.1. The van der Waals surface area contributed by atoms with Crippen molar-refractivity contribution in [2.75, 3.05) is 30.8 Å². The summed E-state index contributed by atoms with van der Waals surface area (Å²) in [6.45, 7) is 7.63. The van der Waals surface area contributed by atoms with Crippen LogP contribution in [0.4, 0.5) is 10.9 Å². The molecule has 1 saturated heterocycles. The number of carbonyl (C=O) groups excluding carboxylic acids is 1. The van der Waals surface area contributed by atoms with Crippen LogP contribution in [-0.2, 0) is 4.74 Å². The molecule has 1 aromatic rings. The third-order valence-corrected chi connectivity index (χ3v) is 5.20. The molecule has 21 heavy (non-hydrogen) atoms. The molecule has 7 heteroatoms. The van der Waals surface area contributed by atoms with E-state index in [-0.39, 0.29) is 17.6 Å². The van der Waals surface area contributed by atoms with Crippen LogP contribution < -0.4 is 16.0 Å². The van der Waals surface area contributed by atoms with E-state index >= 15 is 0 Å². The van der Waals surface area contributed by atoms with E-state index in [2.05, 4.69) is 17.2 Å². The lowest BCUT2D eigenvalue weighted by Crippen LogP contribution is -2.50. The Labute approximate surface area is 129 Å². The highest BCUT2D eigenvalue weighted by molar-refractivity contribution is 7.18. The largest absolute Gasteiger partial charge is 0.382 e. The number of nitrogens with two attached hydrogens (primary N) is 1. The summed E-state index contributed by atoms with van der Waals surface area (Å²) in [7, 11) is 1.96. The number of amides is 1. The Kier molecular flexibility index (Phi) is 4.73. The van der Waals surface area contributed by atoms with Crippen LogP contribution in [-0.4, -0.2) is 42.7 Å². The van der Waals surface area contributed by atoms with E-state index in [1.54, 1.807) is 0 Å². The molecule has 0 aliphatic carbocycles. The minimum Gasteiger partial charge on any atom is -0.382 e. The van der Waals surface area contributed by atoms with Gasteiger partial charge >= 0.3 is 0 Å². The summed E-state index contributed by atoms with van der Waals surface area (Å²) < 4.78 is 5.54. The molecule has 1 aliphatic rings. The highest BCUT2D eigenvalue weighted by Gasteiger charge is 2.39. The van der Waals surface area contributed by atoms with E-state index in [0.29, 0.717) is 17.3 Å². The maximum absolute atomic E-state index is 12.5.